The van der Waals surface area contributed by atoms with Crippen LogP contribution in [0, 0.1) is 0 Å². The summed E-state index contributed by atoms with van der Waals surface area (Å²) in [5.41, 5.74) is 2.43. The lowest BCUT2D eigenvalue weighted by Gasteiger charge is -2.10. The summed E-state index contributed by atoms with van der Waals surface area (Å²) in [7, 11) is 0. The highest BCUT2D eigenvalue weighted by molar-refractivity contribution is 7.16. The third-order valence-corrected chi connectivity index (χ3v) is 3.00. The molecule has 0 aliphatic heterocycles. The van der Waals surface area contributed by atoms with Crippen LogP contribution < -0.4 is 16.0 Å². The van der Waals surface area contributed by atoms with Gasteiger partial charge in [-0.2, -0.15) is 4.98 Å². The van der Waals surface area contributed by atoms with Crippen molar-refractivity contribution >= 4 is 27.5 Å². The smallest absolute Gasteiger partial charge is 0.241 e. The number of nitrogens with zero attached hydrogens (tertiary/aromatic N) is 2. The molecule has 3 N–H and O–H groups in total. The standard InChI is InChI=1S/C11H16N4O2S/c1-7(2)16-4-5-17-9-8-3-6-18-10(8)14-11(13-9)15-12/h3,6-7H,4-5,12H2,1-2H3,(H,13,14,15). The van der Waals surface area contributed by atoms with Crippen LogP contribution in [0.2, 0.25) is 0 Å². The summed E-state index contributed by atoms with van der Waals surface area (Å²) in [6.45, 7) is 4.94. The molecule has 0 spiro atoms. The molecule has 7 heteroatoms. The predicted molar refractivity (Wildman–Crippen MR) is 71.8 cm³/mol. The number of fused-ring (bicyclic) bond motifs is 1. The van der Waals surface area contributed by atoms with Gasteiger partial charge in [-0.25, -0.2) is 10.8 Å². The molecule has 0 unspecified atom stereocenters. The Kier molecular flexibility index (Phi) is 4.29. The van der Waals surface area contributed by atoms with Crippen LogP contribution in [-0.4, -0.2) is 29.3 Å². The number of nitrogen functional groups attached to an aromatic ring is 1. The Morgan fingerprint density at radius 1 is 1.39 bits per heavy atom. The van der Waals surface area contributed by atoms with E-state index in [0.717, 1.165) is 10.2 Å². The van der Waals surface area contributed by atoms with Gasteiger partial charge in [0.05, 0.1) is 18.1 Å². The van der Waals surface area contributed by atoms with Gasteiger partial charge in [-0.1, -0.05) is 0 Å². The first-order valence-corrected chi connectivity index (χ1v) is 6.55. The summed E-state index contributed by atoms with van der Waals surface area (Å²) in [5.74, 6) is 6.20. The highest BCUT2D eigenvalue weighted by atomic mass is 32.1. The number of rotatable bonds is 6. The third-order valence-electron chi connectivity index (χ3n) is 2.19. The normalized spacial score (nSPS) is 11.1. The number of nitrogens with two attached hydrogens (primary N) is 1. The molecule has 0 radical (unpaired) electrons. The van der Waals surface area contributed by atoms with E-state index in [1.165, 1.54) is 11.3 Å². The molecule has 0 saturated heterocycles. The Labute approximate surface area is 109 Å². The maximum absolute atomic E-state index is 5.61. The fourth-order valence-corrected chi connectivity index (χ4v) is 2.18. The summed E-state index contributed by atoms with van der Waals surface area (Å²) in [4.78, 5) is 9.27. The summed E-state index contributed by atoms with van der Waals surface area (Å²) in [6, 6.07) is 1.93. The lowest BCUT2D eigenvalue weighted by atomic mass is 10.4. The Hall–Kier alpha value is -1.44. The zero-order chi connectivity index (χ0) is 13.0. The molecule has 0 aliphatic carbocycles. The topological polar surface area (TPSA) is 82.3 Å². The molecule has 0 aliphatic rings. The Bertz CT molecular complexity index is 515. The van der Waals surface area contributed by atoms with Gasteiger partial charge < -0.3 is 9.47 Å². The van der Waals surface area contributed by atoms with Crippen molar-refractivity contribution < 1.29 is 9.47 Å². The summed E-state index contributed by atoms with van der Waals surface area (Å²) < 4.78 is 11.0. The summed E-state index contributed by atoms with van der Waals surface area (Å²) in [5, 5.41) is 2.83. The minimum absolute atomic E-state index is 0.196. The molecule has 0 bridgehead atoms. The maximum atomic E-state index is 5.61. The minimum atomic E-state index is 0.196. The first-order chi connectivity index (χ1) is 8.70. The molecule has 2 aromatic heterocycles. The van der Waals surface area contributed by atoms with Crippen LogP contribution in [-0.2, 0) is 4.74 Å². The first-order valence-electron chi connectivity index (χ1n) is 5.67. The summed E-state index contributed by atoms with van der Waals surface area (Å²) in [6.07, 6.45) is 0.196. The van der Waals surface area contributed by atoms with Crippen LogP contribution in [0.25, 0.3) is 10.2 Å². The van der Waals surface area contributed by atoms with Gasteiger partial charge in [-0.3, -0.25) is 5.43 Å². The second-order valence-electron chi connectivity index (χ2n) is 3.90. The van der Waals surface area contributed by atoms with Crippen LogP contribution in [0.5, 0.6) is 5.88 Å². The quantitative estimate of drug-likeness (QED) is 0.472. The Morgan fingerprint density at radius 2 is 2.22 bits per heavy atom. The van der Waals surface area contributed by atoms with Crippen molar-refractivity contribution in [1.29, 1.82) is 0 Å². The molecule has 0 fully saturated rings. The van der Waals surface area contributed by atoms with Crippen LogP contribution in [0.3, 0.4) is 0 Å². The van der Waals surface area contributed by atoms with Gasteiger partial charge in [0, 0.05) is 0 Å². The minimum Gasteiger partial charge on any atom is -0.475 e. The monoisotopic (exact) mass is 268 g/mol. The fourth-order valence-electron chi connectivity index (χ4n) is 1.42. The second kappa shape index (κ2) is 5.94. The van der Waals surface area contributed by atoms with Crippen molar-refractivity contribution in [2.45, 2.75) is 20.0 Å². The van der Waals surface area contributed by atoms with Gasteiger partial charge in [-0.15, -0.1) is 11.3 Å². The third kappa shape index (κ3) is 3.06. The van der Waals surface area contributed by atoms with Crippen molar-refractivity contribution in [2.75, 3.05) is 18.6 Å². The number of hydrogen-bond acceptors (Lipinski definition) is 7. The SMILES string of the molecule is CC(C)OCCOc1nc(NN)nc2sccc12. The molecular formula is C11H16N4O2S. The number of nitrogens with one attached hydrogen (secondary N) is 1. The number of aromatic nitrogens is 2. The van der Waals surface area contributed by atoms with Crippen molar-refractivity contribution in [3.63, 3.8) is 0 Å². The fraction of sp³-hybridized carbons (Fsp3) is 0.455. The number of anilines is 1. The van der Waals surface area contributed by atoms with Gasteiger partial charge in [0.15, 0.2) is 0 Å². The lowest BCUT2D eigenvalue weighted by molar-refractivity contribution is 0.0546. The molecular weight excluding hydrogens is 252 g/mol. The van der Waals surface area contributed by atoms with E-state index in [1.807, 2.05) is 25.3 Å². The van der Waals surface area contributed by atoms with E-state index in [4.69, 9.17) is 15.3 Å². The van der Waals surface area contributed by atoms with Gasteiger partial charge >= 0.3 is 0 Å². The maximum Gasteiger partial charge on any atom is 0.241 e. The first kappa shape index (κ1) is 13.0. The highest BCUT2D eigenvalue weighted by Crippen LogP contribution is 2.27. The van der Waals surface area contributed by atoms with E-state index in [9.17, 15) is 0 Å². The lowest BCUT2D eigenvalue weighted by Crippen LogP contribution is -2.14. The van der Waals surface area contributed by atoms with Gasteiger partial charge in [0.25, 0.3) is 0 Å². The molecule has 18 heavy (non-hydrogen) atoms. The van der Waals surface area contributed by atoms with Gasteiger partial charge in [0.1, 0.15) is 11.4 Å². The number of thiophene rings is 1. The van der Waals surface area contributed by atoms with Gasteiger partial charge in [-0.05, 0) is 25.3 Å². The van der Waals surface area contributed by atoms with Crippen molar-refractivity contribution in [2.24, 2.45) is 5.84 Å². The van der Waals surface area contributed by atoms with Crippen LogP contribution in [0.4, 0.5) is 5.95 Å². The van der Waals surface area contributed by atoms with Gasteiger partial charge in [0.2, 0.25) is 11.8 Å². The van der Waals surface area contributed by atoms with E-state index in [1.54, 1.807) is 0 Å². The zero-order valence-corrected chi connectivity index (χ0v) is 11.2. The predicted octanol–water partition coefficient (Wildman–Crippen LogP) is 1.78. The average Bonchev–Trinajstić information content (AvgIpc) is 2.82. The zero-order valence-electron chi connectivity index (χ0n) is 10.3. The summed E-state index contributed by atoms with van der Waals surface area (Å²) >= 11 is 1.52. The molecule has 0 aromatic carbocycles. The Morgan fingerprint density at radius 3 is 2.94 bits per heavy atom. The van der Waals surface area contributed by atoms with Crippen molar-refractivity contribution in [3.8, 4) is 5.88 Å². The molecule has 0 amide bonds. The molecule has 2 aromatic rings. The largest absolute Gasteiger partial charge is 0.475 e. The molecule has 2 heterocycles. The van der Waals surface area contributed by atoms with E-state index >= 15 is 0 Å². The molecule has 2 rings (SSSR count). The van der Waals surface area contributed by atoms with Crippen molar-refractivity contribution in [3.05, 3.63) is 11.4 Å². The number of ether oxygens (including phenoxy) is 2. The van der Waals surface area contributed by atoms with E-state index in [-0.39, 0.29) is 6.10 Å². The molecule has 6 nitrogen and oxygen atoms in total. The van der Waals surface area contributed by atoms with E-state index < -0.39 is 0 Å². The Balaban J connectivity index is 2.08. The molecule has 98 valence electrons. The van der Waals surface area contributed by atoms with E-state index in [2.05, 4.69) is 15.4 Å². The van der Waals surface area contributed by atoms with E-state index in [0.29, 0.717) is 25.0 Å². The highest BCUT2D eigenvalue weighted by Gasteiger charge is 2.09. The van der Waals surface area contributed by atoms with Crippen LogP contribution in [0.15, 0.2) is 11.4 Å². The van der Waals surface area contributed by atoms with Crippen LogP contribution >= 0.6 is 11.3 Å². The molecule has 0 saturated carbocycles. The molecule has 0 atom stereocenters. The second-order valence-corrected chi connectivity index (χ2v) is 4.80. The van der Waals surface area contributed by atoms with Crippen LogP contribution in [0.1, 0.15) is 13.8 Å². The number of hydrogen-bond donors (Lipinski definition) is 2. The number of hydrazine groups is 1. The van der Waals surface area contributed by atoms with Crippen molar-refractivity contribution in [1.82, 2.24) is 9.97 Å². The average molecular weight is 268 g/mol.